The van der Waals surface area contributed by atoms with Crippen molar-refractivity contribution in [1.82, 2.24) is 0 Å². The molecule has 19 heavy (non-hydrogen) atoms. The van der Waals surface area contributed by atoms with Gasteiger partial charge in [-0.1, -0.05) is 35.2 Å². The van der Waals surface area contributed by atoms with Gasteiger partial charge < -0.3 is 9.47 Å². The van der Waals surface area contributed by atoms with Gasteiger partial charge in [0.1, 0.15) is 17.6 Å². The fourth-order valence-electron chi connectivity index (χ4n) is 3.53. The van der Waals surface area contributed by atoms with Crippen LogP contribution >= 0.6 is 15.9 Å². The van der Waals surface area contributed by atoms with Gasteiger partial charge in [0.05, 0.1) is 7.11 Å². The standard InChI is InChI=1S/C16H21BrO2/c1-18-12-5-7-13(8-6-12)19-15-11-14(17)16(15)9-3-2-4-10-16/h5-8,14-15H,2-4,9-11H2,1H3. The highest BCUT2D eigenvalue weighted by Crippen LogP contribution is 2.56. The van der Waals surface area contributed by atoms with E-state index in [4.69, 9.17) is 9.47 Å². The summed E-state index contributed by atoms with van der Waals surface area (Å²) in [5, 5.41) is 0. The molecule has 104 valence electrons. The highest BCUT2D eigenvalue weighted by atomic mass is 79.9. The van der Waals surface area contributed by atoms with Gasteiger partial charge >= 0.3 is 0 Å². The number of methoxy groups -OCH3 is 1. The van der Waals surface area contributed by atoms with Crippen LogP contribution in [0, 0.1) is 5.41 Å². The summed E-state index contributed by atoms with van der Waals surface area (Å²) in [6, 6.07) is 7.95. The molecule has 1 aromatic rings. The normalized spacial score (nSPS) is 28.7. The second-order valence-electron chi connectivity index (χ2n) is 5.78. The highest BCUT2D eigenvalue weighted by Gasteiger charge is 2.55. The Morgan fingerprint density at radius 3 is 2.26 bits per heavy atom. The zero-order valence-electron chi connectivity index (χ0n) is 11.4. The molecule has 0 heterocycles. The predicted octanol–water partition coefficient (Wildman–Crippen LogP) is 4.56. The number of alkyl halides is 1. The minimum absolute atomic E-state index is 0.380. The zero-order valence-corrected chi connectivity index (χ0v) is 13.0. The van der Waals surface area contributed by atoms with Gasteiger partial charge in [0.2, 0.25) is 0 Å². The molecule has 0 radical (unpaired) electrons. The fraction of sp³-hybridized carbons (Fsp3) is 0.625. The van der Waals surface area contributed by atoms with E-state index in [0.29, 0.717) is 16.3 Å². The lowest BCUT2D eigenvalue weighted by molar-refractivity contribution is -0.0601. The van der Waals surface area contributed by atoms with Gasteiger partial charge in [0.15, 0.2) is 0 Å². The van der Waals surface area contributed by atoms with Crippen LogP contribution in [0.25, 0.3) is 0 Å². The van der Waals surface area contributed by atoms with E-state index in [2.05, 4.69) is 15.9 Å². The van der Waals surface area contributed by atoms with Crippen LogP contribution in [0.2, 0.25) is 0 Å². The Bertz CT molecular complexity index is 423. The average molecular weight is 325 g/mol. The number of benzene rings is 1. The van der Waals surface area contributed by atoms with Crippen LogP contribution in [0.3, 0.4) is 0 Å². The summed E-state index contributed by atoms with van der Waals surface area (Å²) in [5.41, 5.74) is 0.387. The van der Waals surface area contributed by atoms with Gasteiger partial charge in [-0.2, -0.15) is 0 Å². The third kappa shape index (κ3) is 2.37. The molecule has 0 aromatic heterocycles. The first kappa shape index (κ1) is 13.3. The molecule has 2 saturated carbocycles. The van der Waals surface area contributed by atoms with Crippen LogP contribution in [0.4, 0.5) is 0 Å². The van der Waals surface area contributed by atoms with Crippen LogP contribution < -0.4 is 9.47 Å². The predicted molar refractivity (Wildman–Crippen MR) is 80.3 cm³/mol. The third-order valence-electron chi connectivity index (χ3n) is 4.81. The number of halogens is 1. The Labute approximate surface area is 123 Å². The lowest BCUT2D eigenvalue weighted by Crippen LogP contribution is -2.57. The monoisotopic (exact) mass is 324 g/mol. The van der Waals surface area contributed by atoms with Crippen molar-refractivity contribution >= 4 is 15.9 Å². The molecule has 0 aliphatic heterocycles. The summed E-state index contributed by atoms with van der Waals surface area (Å²) in [7, 11) is 1.69. The van der Waals surface area contributed by atoms with E-state index in [9.17, 15) is 0 Å². The van der Waals surface area contributed by atoms with Gasteiger partial charge in [-0.05, 0) is 43.5 Å². The fourth-order valence-corrected chi connectivity index (χ4v) is 4.62. The lowest BCUT2D eigenvalue weighted by Gasteiger charge is -2.55. The summed E-state index contributed by atoms with van der Waals surface area (Å²) >= 11 is 3.86. The largest absolute Gasteiger partial charge is 0.497 e. The van der Waals surface area contributed by atoms with E-state index in [-0.39, 0.29) is 0 Å². The van der Waals surface area contributed by atoms with Crippen LogP contribution in [0.1, 0.15) is 38.5 Å². The molecule has 2 nitrogen and oxygen atoms in total. The first-order chi connectivity index (χ1) is 9.24. The molecular formula is C16H21BrO2. The van der Waals surface area contributed by atoms with E-state index in [1.165, 1.54) is 32.1 Å². The SMILES string of the molecule is COc1ccc(OC2CC(Br)C23CCCCC3)cc1. The summed E-state index contributed by atoms with van der Waals surface area (Å²) in [6.45, 7) is 0. The molecule has 2 atom stereocenters. The van der Waals surface area contributed by atoms with Crippen molar-refractivity contribution in [3.63, 3.8) is 0 Å². The molecule has 0 bridgehead atoms. The Kier molecular flexibility index (Phi) is 3.75. The van der Waals surface area contributed by atoms with Crippen LogP contribution in [0.5, 0.6) is 11.5 Å². The molecule has 2 aliphatic carbocycles. The first-order valence-electron chi connectivity index (χ1n) is 7.19. The van der Waals surface area contributed by atoms with Gasteiger partial charge in [-0.15, -0.1) is 0 Å². The maximum atomic E-state index is 6.23. The third-order valence-corrected chi connectivity index (χ3v) is 6.09. The molecule has 2 aliphatic rings. The van der Waals surface area contributed by atoms with Gasteiger partial charge in [0.25, 0.3) is 0 Å². The zero-order chi connectivity index (χ0) is 13.3. The number of hydrogen-bond acceptors (Lipinski definition) is 2. The lowest BCUT2D eigenvalue weighted by atomic mass is 9.58. The second kappa shape index (κ2) is 5.35. The molecule has 1 spiro atoms. The smallest absolute Gasteiger partial charge is 0.120 e. The van der Waals surface area contributed by atoms with Gasteiger partial charge in [-0.25, -0.2) is 0 Å². The molecule has 0 amide bonds. The molecule has 2 unspecified atom stereocenters. The molecule has 3 heteroatoms. The van der Waals surface area contributed by atoms with Crippen LogP contribution in [-0.2, 0) is 0 Å². The van der Waals surface area contributed by atoms with E-state index in [1.807, 2.05) is 24.3 Å². The van der Waals surface area contributed by atoms with Gasteiger partial charge in [0, 0.05) is 10.2 Å². The second-order valence-corrected chi connectivity index (χ2v) is 6.88. The highest BCUT2D eigenvalue weighted by molar-refractivity contribution is 9.09. The summed E-state index contributed by atoms with van der Waals surface area (Å²) < 4.78 is 11.4. The minimum atomic E-state index is 0.380. The Morgan fingerprint density at radius 2 is 1.68 bits per heavy atom. The van der Waals surface area contributed by atoms with E-state index in [0.717, 1.165) is 17.9 Å². The maximum absolute atomic E-state index is 6.23. The van der Waals surface area contributed by atoms with Crippen molar-refractivity contribution < 1.29 is 9.47 Å². The number of ether oxygens (including phenoxy) is 2. The topological polar surface area (TPSA) is 18.5 Å². The Balaban J connectivity index is 1.68. The van der Waals surface area contributed by atoms with Crippen molar-refractivity contribution in [2.45, 2.75) is 49.5 Å². The van der Waals surface area contributed by atoms with Crippen molar-refractivity contribution in [2.75, 3.05) is 7.11 Å². The minimum Gasteiger partial charge on any atom is -0.497 e. The van der Waals surface area contributed by atoms with Crippen molar-refractivity contribution in [3.8, 4) is 11.5 Å². The first-order valence-corrected chi connectivity index (χ1v) is 8.11. The molecular weight excluding hydrogens is 304 g/mol. The van der Waals surface area contributed by atoms with Gasteiger partial charge in [-0.3, -0.25) is 0 Å². The van der Waals surface area contributed by atoms with Crippen molar-refractivity contribution in [1.29, 1.82) is 0 Å². The Hall–Kier alpha value is -0.700. The molecule has 0 N–H and O–H groups in total. The summed E-state index contributed by atoms with van der Waals surface area (Å²) in [4.78, 5) is 0.642. The maximum Gasteiger partial charge on any atom is 0.120 e. The molecule has 0 saturated heterocycles. The van der Waals surface area contributed by atoms with Crippen molar-refractivity contribution in [3.05, 3.63) is 24.3 Å². The van der Waals surface area contributed by atoms with E-state index in [1.54, 1.807) is 7.11 Å². The number of rotatable bonds is 3. The molecule has 1 aromatic carbocycles. The molecule has 2 fully saturated rings. The Morgan fingerprint density at radius 1 is 1.05 bits per heavy atom. The average Bonchev–Trinajstić information content (AvgIpc) is 2.48. The summed E-state index contributed by atoms with van der Waals surface area (Å²) in [5.74, 6) is 1.85. The molecule has 3 rings (SSSR count). The summed E-state index contributed by atoms with van der Waals surface area (Å²) in [6.07, 6.45) is 8.22. The quantitative estimate of drug-likeness (QED) is 0.759. The van der Waals surface area contributed by atoms with E-state index < -0.39 is 0 Å². The van der Waals surface area contributed by atoms with Crippen molar-refractivity contribution in [2.24, 2.45) is 5.41 Å². The van der Waals surface area contributed by atoms with Crippen LogP contribution in [0.15, 0.2) is 24.3 Å². The van der Waals surface area contributed by atoms with E-state index >= 15 is 0 Å². The van der Waals surface area contributed by atoms with Crippen LogP contribution in [-0.4, -0.2) is 18.0 Å². The number of hydrogen-bond donors (Lipinski definition) is 0.